The quantitative estimate of drug-likeness (QED) is 0.886. The third-order valence-corrected chi connectivity index (χ3v) is 3.82. The van der Waals surface area contributed by atoms with Crippen LogP contribution in [-0.2, 0) is 6.54 Å². The van der Waals surface area contributed by atoms with Gasteiger partial charge in [-0.25, -0.2) is 9.97 Å². The minimum absolute atomic E-state index is 0.212. The van der Waals surface area contributed by atoms with Gasteiger partial charge in [-0.1, -0.05) is 0 Å². The topological polar surface area (TPSA) is 73.3 Å². The zero-order valence-electron chi connectivity index (χ0n) is 13.2. The molecule has 6 heteroatoms. The van der Waals surface area contributed by atoms with Crippen LogP contribution in [0.2, 0.25) is 0 Å². The number of methoxy groups -OCH3 is 2. The van der Waals surface area contributed by atoms with Crippen molar-refractivity contribution in [1.82, 2.24) is 15.3 Å². The van der Waals surface area contributed by atoms with E-state index in [1.165, 1.54) is 20.0 Å². The molecule has 1 amide bonds. The maximum absolute atomic E-state index is 12.4. The van der Waals surface area contributed by atoms with Crippen LogP contribution in [0.1, 0.15) is 40.5 Å². The Morgan fingerprint density at radius 3 is 2.74 bits per heavy atom. The number of nitrogens with zero attached hydrogens (tertiary/aromatic N) is 2. The molecular weight excluding hydrogens is 294 g/mol. The molecule has 1 aliphatic rings. The van der Waals surface area contributed by atoms with E-state index < -0.39 is 0 Å². The predicted octanol–water partition coefficient (Wildman–Crippen LogP) is 2.30. The second-order valence-corrected chi connectivity index (χ2v) is 5.46. The summed E-state index contributed by atoms with van der Waals surface area (Å²) in [5.41, 5.74) is 2.33. The van der Waals surface area contributed by atoms with Crippen LogP contribution in [0.15, 0.2) is 30.6 Å². The van der Waals surface area contributed by atoms with Gasteiger partial charge in [-0.15, -0.1) is 0 Å². The number of benzene rings is 1. The zero-order valence-corrected chi connectivity index (χ0v) is 13.2. The van der Waals surface area contributed by atoms with Gasteiger partial charge in [-0.05, 0) is 31.0 Å². The summed E-state index contributed by atoms with van der Waals surface area (Å²) < 4.78 is 10.4. The minimum atomic E-state index is -0.212. The number of ether oxygens (including phenoxy) is 2. The molecule has 6 nitrogen and oxygen atoms in total. The molecule has 3 rings (SSSR count). The van der Waals surface area contributed by atoms with Crippen molar-refractivity contribution in [2.75, 3.05) is 14.2 Å². The first kappa shape index (κ1) is 15.3. The van der Waals surface area contributed by atoms with Crippen molar-refractivity contribution in [3.8, 4) is 11.5 Å². The average molecular weight is 313 g/mol. The van der Waals surface area contributed by atoms with Gasteiger partial charge in [0.1, 0.15) is 17.8 Å². The van der Waals surface area contributed by atoms with Crippen LogP contribution < -0.4 is 14.8 Å². The van der Waals surface area contributed by atoms with Crippen LogP contribution >= 0.6 is 0 Å². The fourth-order valence-corrected chi connectivity index (χ4v) is 2.37. The van der Waals surface area contributed by atoms with E-state index in [1.807, 2.05) is 6.07 Å². The SMILES string of the molecule is COc1ccc(C(=O)NCc2cc(C3CC3)ncn2)c(OC)c1. The molecule has 1 aliphatic carbocycles. The normalized spacial score (nSPS) is 13.5. The third-order valence-electron chi connectivity index (χ3n) is 3.82. The fourth-order valence-electron chi connectivity index (χ4n) is 2.37. The Balaban J connectivity index is 1.68. The van der Waals surface area contributed by atoms with Crippen LogP contribution in [0.25, 0.3) is 0 Å². The third kappa shape index (κ3) is 3.59. The lowest BCUT2D eigenvalue weighted by Gasteiger charge is -2.11. The fraction of sp³-hybridized carbons (Fsp3) is 0.353. The Kier molecular flexibility index (Phi) is 4.41. The van der Waals surface area contributed by atoms with E-state index in [1.54, 1.807) is 31.6 Å². The van der Waals surface area contributed by atoms with Gasteiger partial charge in [0, 0.05) is 17.7 Å². The number of aromatic nitrogens is 2. The van der Waals surface area contributed by atoms with Crippen LogP contribution in [0.5, 0.6) is 11.5 Å². The summed E-state index contributed by atoms with van der Waals surface area (Å²) >= 11 is 0. The van der Waals surface area contributed by atoms with E-state index in [0.29, 0.717) is 29.5 Å². The van der Waals surface area contributed by atoms with E-state index in [-0.39, 0.29) is 5.91 Å². The molecule has 120 valence electrons. The molecular formula is C17H19N3O3. The van der Waals surface area contributed by atoms with Gasteiger partial charge in [0.15, 0.2) is 0 Å². The molecule has 0 radical (unpaired) electrons. The van der Waals surface area contributed by atoms with Crippen molar-refractivity contribution < 1.29 is 14.3 Å². The molecule has 0 unspecified atom stereocenters. The van der Waals surface area contributed by atoms with Crippen LogP contribution in [0.4, 0.5) is 0 Å². The second-order valence-electron chi connectivity index (χ2n) is 5.46. The smallest absolute Gasteiger partial charge is 0.255 e. The Hall–Kier alpha value is -2.63. The van der Waals surface area contributed by atoms with Crippen molar-refractivity contribution in [1.29, 1.82) is 0 Å². The average Bonchev–Trinajstić information content (AvgIpc) is 3.44. The van der Waals surface area contributed by atoms with E-state index >= 15 is 0 Å². The van der Waals surface area contributed by atoms with Crippen molar-refractivity contribution in [3.63, 3.8) is 0 Å². The molecule has 1 N–H and O–H groups in total. The Bertz CT molecular complexity index is 714. The standard InChI is InChI=1S/C17H19N3O3/c1-22-13-5-6-14(16(8-13)23-2)17(21)18-9-12-7-15(11-3-4-11)20-10-19-12/h5-8,10-11H,3-4,9H2,1-2H3,(H,18,21). The van der Waals surface area contributed by atoms with Gasteiger partial charge >= 0.3 is 0 Å². The Morgan fingerprint density at radius 1 is 1.22 bits per heavy atom. The first-order chi connectivity index (χ1) is 11.2. The van der Waals surface area contributed by atoms with E-state index in [0.717, 1.165) is 11.4 Å². The second kappa shape index (κ2) is 6.64. The molecule has 0 atom stereocenters. The van der Waals surface area contributed by atoms with Crippen molar-refractivity contribution in [2.45, 2.75) is 25.3 Å². The maximum atomic E-state index is 12.4. The lowest BCUT2D eigenvalue weighted by molar-refractivity contribution is 0.0947. The van der Waals surface area contributed by atoms with Gasteiger partial charge < -0.3 is 14.8 Å². The van der Waals surface area contributed by atoms with Crippen LogP contribution in [-0.4, -0.2) is 30.1 Å². The largest absolute Gasteiger partial charge is 0.497 e. The van der Waals surface area contributed by atoms with Crippen LogP contribution in [0.3, 0.4) is 0 Å². The number of rotatable bonds is 6. The monoisotopic (exact) mass is 313 g/mol. The lowest BCUT2D eigenvalue weighted by Crippen LogP contribution is -2.24. The summed E-state index contributed by atoms with van der Waals surface area (Å²) in [6.07, 6.45) is 3.93. The number of nitrogens with one attached hydrogen (secondary N) is 1. The van der Waals surface area contributed by atoms with Gasteiger partial charge in [-0.3, -0.25) is 4.79 Å². The van der Waals surface area contributed by atoms with Crippen LogP contribution in [0, 0.1) is 0 Å². The molecule has 0 aliphatic heterocycles. The highest BCUT2D eigenvalue weighted by Gasteiger charge is 2.25. The summed E-state index contributed by atoms with van der Waals surface area (Å²) in [5.74, 6) is 1.47. The van der Waals surface area contributed by atoms with E-state index in [2.05, 4.69) is 15.3 Å². The molecule has 1 aromatic carbocycles. The highest BCUT2D eigenvalue weighted by molar-refractivity contribution is 5.97. The molecule has 23 heavy (non-hydrogen) atoms. The zero-order chi connectivity index (χ0) is 16.2. The molecule has 1 heterocycles. The molecule has 0 saturated heterocycles. The number of carbonyl (C=O) groups is 1. The van der Waals surface area contributed by atoms with Crippen molar-refractivity contribution >= 4 is 5.91 Å². The van der Waals surface area contributed by atoms with Crippen molar-refractivity contribution in [2.24, 2.45) is 0 Å². The Labute approximate surface area is 134 Å². The van der Waals surface area contributed by atoms with Gasteiger partial charge in [0.2, 0.25) is 0 Å². The summed E-state index contributed by atoms with van der Waals surface area (Å²) in [5, 5.41) is 2.86. The minimum Gasteiger partial charge on any atom is -0.497 e. The van der Waals surface area contributed by atoms with Gasteiger partial charge in [-0.2, -0.15) is 0 Å². The van der Waals surface area contributed by atoms with Gasteiger partial charge in [0.25, 0.3) is 5.91 Å². The summed E-state index contributed by atoms with van der Waals surface area (Å²) in [6.45, 7) is 0.357. The Morgan fingerprint density at radius 2 is 2.04 bits per heavy atom. The lowest BCUT2D eigenvalue weighted by atomic mass is 10.1. The van der Waals surface area contributed by atoms with E-state index in [9.17, 15) is 4.79 Å². The molecule has 1 saturated carbocycles. The highest BCUT2D eigenvalue weighted by atomic mass is 16.5. The van der Waals surface area contributed by atoms with Crippen molar-refractivity contribution in [3.05, 3.63) is 47.5 Å². The van der Waals surface area contributed by atoms with E-state index in [4.69, 9.17) is 9.47 Å². The molecule has 0 spiro atoms. The number of hydrogen-bond donors (Lipinski definition) is 1. The first-order valence-corrected chi connectivity index (χ1v) is 7.52. The van der Waals surface area contributed by atoms with Gasteiger partial charge in [0.05, 0.1) is 32.0 Å². The highest BCUT2D eigenvalue weighted by Crippen LogP contribution is 2.38. The summed E-state index contributed by atoms with van der Waals surface area (Å²) in [7, 11) is 3.10. The molecule has 1 aromatic heterocycles. The molecule has 0 bridgehead atoms. The number of hydrogen-bond acceptors (Lipinski definition) is 5. The molecule has 2 aromatic rings. The maximum Gasteiger partial charge on any atom is 0.255 e. The first-order valence-electron chi connectivity index (χ1n) is 7.52. The number of amides is 1. The summed E-state index contributed by atoms with van der Waals surface area (Å²) in [6, 6.07) is 7.06. The summed E-state index contributed by atoms with van der Waals surface area (Å²) in [4.78, 5) is 20.8. The predicted molar refractivity (Wildman–Crippen MR) is 84.7 cm³/mol. The number of carbonyl (C=O) groups excluding carboxylic acids is 1. The molecule has 1 fully saturated rings.